The van der Waals surface area contributed by atoms with Crippen LogP contribution in [-0.2, 0) is 16.1 Å². The first-order valence-corrected chi connectivity index (χ1v) is 15.6. The summed E-state index contributed by atoms with van der Waals surface area (Å²) in [5.41, 5.74) is 4.55. The highest BCUT2D eigenvalue weighted by Crippen LogP contribution is 2.40. The molecule has 0 spiro atoms. The van der Waals surface area contributed by atoms with Gasteiger partial charge in [-0.05, 0) is 62.1 Å². The first-order chi connectivity index (χ1) is 20.5. The van der Waals surface area contributed by atoms with E-state index in [2.05, 4.69) is 4.98 Å². The summed E-state index contributed by atoms with van der Waals surface area (Å²) < 4.78 is 13.2. The lowest BCUT2D eigenvalue weighted by Gasteiger charge is -2.38. The van der Waals surface area contributed by atoms with Gasteiger partial charge in [0.05, 0.1) is 17.5 Å². The van der Waals surface area contributed by atoms with Gasteiger partial charge in [0, 0.05) is 37.8 Å². The number of thioether (sulfide) groups is 1. The van der Waals surface area contributed by atoms with Crippen molar-refractivity contribution in [1.29, 1.82) is 0 Å². The molecule has 4 aromatic rings. The highest BCUT2D eigenvalue weighted by molar-refractivity contribution is 7.98. The number of amides is 1. The average molecular weight is 586 g/mol. The number of aromatic nitrogens is 3. The molecular weight excluding hydrogens is 550 g/mol. The van der Waals surface area contributed by atoms with Crippen LogP contribution >= 0.6 is 11.8 Å². The Hall–Kier alpha value is -3.89. The van der Waals surface area contributed by atoms with Crippen molar-refractivity contribution in [2.45, 2.75) is 56.5 Å². The van der Waals surface area contributed by atoms with Gasteiger partial charge in [-0.1, -0.05) is 54.2 Å². The Morgan fingerprint density at radius 2 is 1.81 bits per heavy atom. The van der Waals surface area contributed by atoms with Gasteiger partial charge in [0.15, 0.2) is 5.16 Å². The normalized spacial score (nSPS) is 18.6. The SMILES string of the molecule is COC1CCC(n2c(=O)c(N3CCN(C(=O)OCc4ccccc4)c4c(C)cccc43)cc3cnc(SC)nc32)CC1. The maximum Gasteiger partial charge on any atom is 0.414 e. The lowest BCUT2D eigenvalue weighted by molar-refractivity contribution is 0.0585. The van der Waals surface area contributed by atoms with Gasteiger partial charge >= 0.3 is 6.09 Å². The Balaban J connectivity index is 1.40. The third kappa shape index (κ3) is 5.36. The number of hydrogen-bond donors (Lipinski definition) is 0. The van der Waals surface area contributed by atoms with Gasteiger partial charge in [0.2, 0.25) is 0 Å². The number of pyridine rings is 1. The quantitative estimate of drug-likeness (QED) is 0.194. The van der Waals surface area contributed by atoms with Crippen LogP contribution in [0, 0.1) is 6.92 Å². The lowest BCUT2D eigenvalue weighted by atomic mass is 9.92. The molecular formula is C32H35N5O4S. The van der Waals surface area contributed by atoms with Gasteiger partial charge in [-0.25, -0.2) is 14.8 Å². The van der Waals surface area contributed by atoms with Crippen LogP contribution in [0.25, 0.3) is 11.0 Å². The second-order valence-corrected chi connectivity index (χ2v) is 11.6. The van der Waals surface area contributed by atoms with E-state index in [0.29, 0.717) is 29.6 Å². The third-order valence-corrected chi connectivity index (χ3v) is 8.86. The highest BCUT2D eigenvalue weighted by atomic mass is 32.2. The molecule has 0 unspecified atom stereocenters. The molecule has 0 saturated heterocycles. The monoisotopic (exact) mass is 585 g/mol. The summed E-state index contributed by atoms with van der Waals surface area (Å²) in [4.78, 5) is 40.8. The van der Waals surface area contributed by atoms with Crippen LogP contribution in [0.5, 0.6) is 0 Å². The molecule has 0 atom stereocenters. The number of carbonyl (C=O) groups is 1. The number of methoxy groups -OCH3 is 1. The first-order valence-electron chi connectivity index (χ1n) is 14.3. The second kappa shape index (κ2) is 12.1. The van der Waals surface area contributed by atoms with Gasteiger partial charge in [-0.2, -0.15) is 0 Å². The minimum Gasteiger partial charge on any atom is -0.444 e. The molecule has 0 radical (unpaired) electrons. The van der Waals surface area contributed by atoms with Crippen LogP contribution in [0.3, 0.4) is 0 Å². The van der Waals surface area contributed by atoms with Gasteiger partial charge in [0.1, 0.15) is 17.9 Å². The van der Waals surface area contributed by atoms with E-state index in [9.17, 15) is 9.59 Å². The summed E-state index contributed by atoms with van der Waals surface area (Å²) in [6.45, 7) is 2.99. The fourth-order valence-electron chi connectivity index (χ4n) is 6.13. The Morgan fingerprint density at radius 3 is 2.55 bits per heavy atom. The Bertz CT molecular complexity index is 1650. The van der Waals surface area contributed by atoms with E-state index in [0.717, 1.165) is 53.6 Å². The third-order valence-electron chi connectivity index (χ3n) is 8.30. The van der Waals surface area contributed by atoms with E-state index in [-0.39, 0.29) is 24.3 Å². The number of hydrogen-bond acceptors (Lipinski definition) is 8. The number of fused-ring (bicyclic) bond motifs is 2. The first kappa shape index (κ1) is 28.2. The maximum absolute atomic E-state index is 14.4. The molecule has 2 aromatic heterocycles. The molecule has 1 amide bonds. The summed E-state index contributed by atoms with van der Waals surface area (Å²) in [5.74, 6) is 0. The van der Waals surface area contributed by atoms with Crippen LogP contribution in [0.1, 0.15) is 42.9 Å². The highest BCUT2D eigenvalue weighted by Gasteiger charge is 2.33. The topological polar surface area (TPSA) is 89.8 Å². The fourth-order valence-corrected chi connectivity index (χ4v) is 6.47. The Morgan fingerprint density at radius 1 is 1.02 bits per heavy atom. The standard InChI is InChI=1S/C32H35N5O4S/c1-21-8-7-11-26-28(21)36(32(39)41-20-22-9-5-4-6-10-22)17-16-35(26)27-18-23-19-33-31(42-3)34-29(23)37(30(27)38)24-12-14-25(40-2)15-13-24/h4-11,18-19,24-25H,12-17,20H2,1-3H3. The lowest BCUT2D eigenvalue weighted by Crippen LogP contribution is -2.45. The zero-order chi connectivity index (χ0) is 29.2. The molecule has 2 aliphatic rings. The molecule has 9 nitrogen and oxygen atoms in total. The molecule has 42 heavy (non-hydrogen) atoms. The molecule has 3 heterocycles. The average Bonchev–Trinajstić information content (AvgIpc) is 3.03. The van der Waals surface area contributed by atoms with E-state index in [4.69, 9.17) is 14.5 Å². The van der Waals surface area contributed by atoms with E-state index >= 15 is 0 Å². The predicted molar refractivity (Wildman–Crippen MR) is 166 cm³/mol. The number of ether oxygens (including phenoxy) is 2. The van der Waals surface area contributed by atoms with Crippen molar-refractivity contribution in [1.82, 2.24) is 14.5 Å². The molecule has 1 saturated carbocycles. The van der Waals surface area contributed by atoms with Gasteiger partial charge in [-0.15, -0.1) is 0 Å². The number of nitrogens with zero attached hydrogens (tertiary/aromatic N) is 5. The van der Waals surface area contributed by atoms with Crippen molar-refractivity contribution in [3.63, 3.8) is 0 Å². The van der Waals surface area contributed by atoms with Gasteiger partial charge in [-0.3, -0.25) is 14.3 Å². The molecule has 0 bridgehead atoms. The molecule has 6 rings (SSSR count). The van der Waals surface area contributed by atoms with Crippen LogP contribution in [0.15, 0.2) is 70.7 Å². The molecule has 0 N–H and O–H groups in total. The van der Waals surface area contributed by atoms with Crippen molar-refractivity contribution in [3.05, 3.63) is 82.3 Å². The van der Waals surface area contributed by atoms with Crippen molar-refractivity contribution < 1.29 is 14.3 Å². The largest absolute Gasteiger partial charge is 0.444 e. The summed E-state index contributed by atoms with van der Waals surface area (Å²) >= 11 is 1.46. The molecule has 1 aliphatic carbocycles. The Kier molecular flexibility index (Phi) is 8.17. The number of benzene rings is 2. The number of anilines is 3. The zero-order valence-corrected chi connectivity index (χ0v) is 25.0. The van der Waals surface area contributed by atoms with E-state index < -0.39 is 6.09 Å². The van der Waals surface area contributed by atoms with Crippen LogP contribution in [0.4, 0.5) is 21.9 Å². The smallest absolute Gasteiger partial charge is 0.414 e. The predicted octanol–water partition coefficient (Wildman–Crippen LogP) is 6.25. The summed E-state index contributed by atoms with van der Waals surface area (Å²) in [6.07, 6.45) is 7.02. The van der Waals surface area contributed by atoms with Crippen LogP contribution < -0.4 is 15.4 Å². The number of para-hydroxylation sites is 1. The second-order valence-electron chi connectivity index (χ2n) is 10.8. The van der Waals surface area contributed by atoms with Crippen molar-refractivity contribution in [2.24, 2.45) is 0 Å². The van der Waals surface area contributed by atoms with Crippen LogP contribution in [-0.4, -0.2) is 53.2 Å². The van der Waals surface area contributed by atoms with Gasteiger partial charge < -0.3 is 14.4 Å². The van der Waals surface area contributed by atoms with E-state index in [1.807, 2.05) is 83.4 Å². The maximum atomic E-state index is 14.4. The number of rotatable bonds is 6. The molecule has 2 aromatic carbocycles. The minimum atomic E-state index is -0.405. The molecule has 1 fully saturated rings. The zero-order valence-electron chi connectivity index (χ0n) is 24.2. The fraction of sp³-hybridized carbons (Fsp3) is 0.375. The summed E-state index contributed by atoms with van der Waals surface area (Å²) in [7, 11) is 1.75. The summed E-state index contributed by atoms with van der Waals surface area (Å²) in [5, 5.41) is 1.45. The van der Waals surface area contributed by atoms with Gasteiger partial charge in [0.25, 0.3) is 5.56 Å². The molecule has 1 aliphatic heterocycles. The number of aryl methyl sites for hydroxylation is 1. The van der Waals surface area contributed by atoms with E-state index in [1.54, 1.807) is 12.0 Å². The minimum absolute atomic E-state index is 0.0159. The van der Waals surface area contributed by atoms with E-state index in [1.165, 1.54) is 11.8 Å². The van der Waals surface area contributed by atoms with Crippen molar-refractivity contribution >= 4 is 46.0 Å². The summed E-state index contributed by atoms with van der Waals surface area (Å²) in [6, 6.07) is 17.5. The van der Waals surface area contributed by atoms with Crippen molar-refractivity contribution in [2.75, 3.05) is 36.3 Å². The van der Waals surface area contributed by atoms with Crippen LogP contribution in [0.2, 0.25) is 0 Å². The number of carbonyl (C=O) groups excluding carboxylic acids is 1. The molecule has 10 heteroatoms. The Labute approximate surface area is 249 Å². The van der Waals surface area contributed by atoms with Crippen molar-refractivity contribution in [3.8, 4) is 0 Å². The molecule has 218 valence electrons.